The van der Waals surface area contributed by atoms with Gasteiger partial charge in [-0.25, -0.2) is 39.1 Å². The van der Waals surface area contributed by atoms with Gasteiger partial charge in [-0.3, -0.25) is 0 Å². The van der Waals surface area contributed by atoms with Gasteiger partial charge in [-0.1, -0.05) is 0 Å². The molecule has 4 rings (SSSR count). The molecular formula is C22H28N4O4. The molecule has 0 heterocycles. The zero-order chi connectivity index (χ0) is 21.3. The average molecular weight is 412 g/mol. The Morgan fingerprint density at radius 1 is 0.433 bits per heavy atom. The second kappa shape index (κ2) is 11.1. The van der Waals surface area contributed by atoms with Crippen LogP contribution < -0.4 is 0 Å². The summed E-state index contributed by atoms with van der Waals surface area (Å²) < 4.78 is 0. The number of isocyanates is 4. The summed E-state index contributed by atoms with van der Waals surface area (Å²) in [5, 5.41) is 0. The summed E-state index contributed by atoms with van der Waals surface area (Å²) in [5.74, 6) is 4.97. The molecular weight excluding hydrogens is 384 g/mol. The van der Waals surface area contributed by atoms with E-state index in [0.717, 1.165) is 25.7 Å². The number of hydrogen-bond donors (Lipinski definition) is 0. The largest absolute Gasteiger partial charge is 0.234 e. The molecule has 4 aliphatic rings. The van der Waals surface area contributed by atoms with Gasteiger partial charge in [-0.15, -0.1) is 0 Å². The van der Waals surface area contributed by atoms with E-state index in [0.29, 0.717) is 73.5 Å². The van der Waals surface area contributed by atoms with Crippen molar-refractivity contribution in [3.63, 3.8) is 0 Å². The highest BCUT2D eigenvalue weighted by atomic mass is 16.1. The van der Waals surface area contributed by atoms with Gasteiger partial charge in [0, 0.05) is 0 Å². The van der Waals surface area contributed by atoms with E-state index in [1.54, 1.807) is 24.3 Å². The Bertz CT molecular complexity index is 661. The molecule has 0 aromatic carbocycles. The van der Waals surface area contributed by atoms with E-state index in [1.807, 2.05) is 0 Å². The molecule has 0 spiro atoms. The lowest BCUT2D eigenvalue weighted by Gasteiger charge is -2.25. The maximum Gasteiger partial charge on any atom is 0.234 e. The maximum atomic E-state index is 10.0. The third kappa shape index (κ3) is 5.36. The van der Waals surface area contributed by atoms with Gasteiger partial charge in [-0.05, 0) is 85.9 Å². The van der Waals surface area contributed by atoms with E-state index in [1.165, 1.54) is 12.8 Å². The van der Waals surface area contributed by atoms with E-state index in [2.05, 4.69) is 20.0 Å². The molecule has 4 saturated carbocycles. The highest BCUT2D eigenvalue weighted by Crippen LogP contribution is 2.52. The molecule has 8 atom stereocenters. The molecule has 8 nitrogen and oxygen atoms in total. The van der Waals surface area contributed by atoms with Crippen molar-refractivity contribution in [2.24, 2.45) is 67.3 Å². The number of hydrogen-bond acceptors (Lipinski definition) is 8. The van der Waals surface area contributed by atoms with Crippen LogP contribution in [0.25, 0.3) is 0 Å². The fourth-order valence-corrected chi connectivity index (χ4v) is 6.54. The highest BCUT2D eigenvalue weighted by Gasteiger charge is 2.46. The summed E-state index contributed by atoms with van der Waals surface area (Å²) in [4.78, 5) is 54.8. The van der Waals surface area contributed by atoms with Gasteiger partial charge in [0.2, 0.25) is 24.3 Å². The summed E-state index contributed by atoms with van der Waals surface area (Å²) in [6, 6.07) is 0. The van der Waals surface area contributed by atoms with Gasteiger partial charge in [0.25, 0.3) is 0 Å². The molecule has 0 aromatic rings. The number of carbonyl (C=O) groups excluding carboxylic acids is 4. The van der Waals surface area contributed by atoms with Gasteiger partial charge < -0.3 is 0 Å². The third-order valence-electron chi connectivity index (χ3n) is 7.86. The maximum absolute atomic E-state index is 10.0. The molecule has 0 saturated heterocycles. The molecule has 0 aliphatic heterocycles. The van der Waals surface area contributed by atoms with Crippen molar-refractivity contribution in [1.82, 2.24) is 0 Å². The fourth-order valence-electron chi connectivity index (χ4n) is 6.54. The number of aliphatic imine (C=N–C) groups is 4. The van der Waals surface area contributed by atoms with Crippen LogP contribution in [0.4, 0.5) is 0 Å². The van der Waals surface area contributed by atoms with Crippen LogP contribution in [-0.2, 0) is 19.2 Å². The predicted octanol–water partition coefficient (Wildman–Crippen LogP) is 2.64. The Morgan fingerprint density at radius 3 is 0.833 bits per heavy atom. The SMILES string of the molecule is O=C=NCC1CC2CC1CC2CN=C=O.O=C=NCC1CC2CC1CC2CN=C=O. The van der Waals surface area contributed by atoms with Crippen LogP contribution in [0, 0.1) is 47.3 Å². The van der Waals surface area contributed by atoms with Crippen LogP contribution in [0.2, 0.25) is 0 Å². The quantitative estimate of drug-likeness (QED) is 0.450. The summed E-state index contributed by atoms with van der Waals surface area (Å²) in [5.41, 5.74) is 0. The van der Waals surface area contributed by atoms with Gasteiger partial charge >= 0.3 is 0 Å². The number of fused-ring (bicyclic) bond motifs is 4. The summed E-state index contributed by atoms with van der Waals surface area (Å²) in [6.07, 6.45) is 13.4. The molecule has 0 amide bonds. The Balaban J connectivity index is 0.000000171. The zero-order valence-electron chi connectivity index (χ0n) is 17.1. The fraction of sp³-hybridized carbons (Fsp3) is 0.818. The van der Waals surface area contributed by atoms with E-state index >= 15 is 0 Å². The first-order chi connectivity index (χ1) is 14.7. The van der Waals surface area contributed by atoms with Crippen LogP contribution in [0.5, 0.6) is 0 Å². The van der Waals surface area contributed by atoms with Crippen molar-refractivity contribution >= 4 is 24.3 Å². The summed E-state index contributed by atoms with van der Waals surface area (Å²) >= 11 is 0. The minimum atomic E-state index is 0.563. The molecule has 0 aromatic heterocycles. The first kappa shape index (κ1) is 22.2. The molecule has 30 heavy (non-hydrogen) atoms. The van der Waals surface area contributed by atoms with Gasteiger partial charge in [-0.2, -0.15) is 0 Å². The second-order valence-corrected chi connectivity index (χ2v) is 9.22. The molecule has 4 bridgehead atoms. The standard InChI is InChI=1S/2C11H14N2O2/c2*14-6-12-4-10-2-8-1-9(10)3-11(8)5-13-7-15/h2*8-11H,1-5H2. The van der Waals surface area contributed by atoms with Crippen LogP contribution in [0.1, 0.15) is 38.5 Å². The molecule has 4 fully saturated rings. The molecule has 8 unspecified atom stereocenters. The Hall–Kier alpha value is -2.48. The van der Waals surface area contributed by atoms with E-state index in [4.69, 9.17) is 0 Å². The molecule has 0 radical (unpaired) electrons. The Morgan fingerprint density at radius 2 is 0.667 bits per heavy atom. The van der Waals surface area contributed by atoms with Crippen molar-refractivity contribution in [3.05, 3.63) is 0 Å². The third-order valence-corrected chi connectivity index (χ3v) is 7.86. The van der Waals surface area contributed by atoms with Crippen LogP contribution >= 0.6 is 0 Å². The lowest BCUT2D eigenvalue weighted by atomic mass is 9.82. The van der Waals surface area contributed by atoms with Gasteiger partial charge in [0.15, 0.2) is 0 Å². The van der Waals surface area contributed by atoms with Crippen molar-refractivity contribution in [2.45, 2.75) is 38.5 Å². The minimum absolute atomic E-state index is 0.563. The highest BCUT2D eigenvalue weighted by molar-refractivity contribution is 5.34. The Kier molecular flexibility index (Phi) is 8.19. The number of rotatable bonds is 8. The summed E-state index contributed by atoms with van der Waals surface area (Å²) in [6.45, 7) is 2.53. The van der Waals surface area contributed by atoms with Crippen molar-refractivity contribution in [1.29, 1.82) is 0 Å². The minimum Gasteiger partial charge on any atom is -0.211 e. The zero-order valence-corrected chi connectivity index (χ0v) is 17.1. The van der Waals surface area contributed by atoms with Crippen molar-refractivity contribution in [2.75, 3.05) is 26.2 Å². The summed E-state index contributed by atoms with van der Waals surface area (Å²) in [7, 11) is 0. The lowest BCUT2D eigenvalue weighted by Crippen LogP contribution is -2.21. The molecule has 8 heteroatoms. The average Bonchev–Trinajstić information content (AvgIpc) is 3.53. The van der Waals surface area contributed by atoms with Crippen molar-refractivity contribution < 1.29 is 19.2 Å². The van der Waals surface area contributed by atoms with Crippen LogP contribution in [0.15, 0.2) is 20.0 Å². The molecule has 160 valence electrons. The van der Waals surface area contributed by atoms with Crippen LogP contribution in [0.3, 0.4) is 0 Å². The first-order valence-electron chi connectivity index (χ1n) is 10.8. The van der Waals surface area contributed by atoms with E-state index in [9.17, 15) is 19.2 Å². The normalized spacial score (nSPS) is 37.1. The first-order valence-corrected chi connectivity index (χ1v) is 10.8. The molecule has 0 N–H and O–H groups in total. The predicted molar refractivity (Wildman–Crippen MR) is 108 cm³/mol. The van der Waals surface area contributed by atoms with Gasteiger partial charge in [0.05, 0.1) is 26.2 Å². The number of nitrogens with zero attached hydrogens (tertiary/aromatic N) is 4. The molecule has 4 aliphatic carbocycles. The van der Waals surface area contributed by atoms with Crippen LogP contribution in [-0.4, -0.2) is 50.5 Å². The van der Waals surface area contributed by atoms with Gasteiger partial charge in [0.1, 0.15) is 0 Å². The van der Waals surface area contributed by atoms with E-state index in [-0.39, 0.29) is 0 Å². The smallest absolute Gasteiger partial charge is 0.211 e. The monoisotopic (exact) mass is 412 g/mol. The topological polar surface area (TPSA) is 118 Å². The van der Waals surface area contributed by atoms with E-state index < -0.39 is 0 Å². The lowest BCUT2D eigenvalue weighted by molar-refractivity contribution is 0.267. The Labute approximate surface area is 176 Å². The van der Waals surface area contributed by atoms with Crippen molar-refractivity contribution in [3.8, 4) is 0 Å². The second-order valence-electron chi connectivity index (χ2n) is 9.22.